The average Bonchev–Trinajstić information content (AvgIpc) is 3.09. The standard InChI is InChI=1S/C21H19N3O5/c1-12-9-16(20(29-15(4)27)10-19(12)28-14(3)26)21-17(11-24(23-21)13(2)25)18-7-5-6-8-22-18/h5-11H,1-4H3. The average molecular weight is 393 g/mol. The Balaban J connectivity index is 2.26. The van der Waals surface area contributed by atoms with Crippen LogP contribution in [0.2, 0.25) is 0 Å². The van der Waals surface area contributed by atoms with Crippen LogP contribution >= 0.6 is 0 Å². The lowest BCUT2D eigenvalue weighted by Gasteiger charge is -2.13. The van der Waals surface area contributed by atoms with E-state index in [-0.39, 0.29) is 17.4 Å². The van der Waals surface area contributed by atoms with E-state index in [4.69, 9.17) is 9.47 Å². The number of nitrogens with zero attached hydrogens (tertiary/aromatic N) is 3. The Morgan fingerprint density at radius 3 is 2.21 bits per heavy atom. The van der Waals surface area contributed by atoms with Crippen LogP contribution in [-0.4, -0.2) is 32.6 Å². The Morgan fingerprint density at radius 2 is 1.62 bits per heavy atom. The molecule has 0 saturated heterocycles. The van der Waals surface area contributed by atoms with Gasteiger partial charge in [0.1, 0.15) is 17.2 Å². The summed E-state index contributed by atoms with van der Waals surface area (Å²) < 4.78 is 11.7. The fourth-order valence-corrected chi connectivity index (χ4v) is 2.80. The molecule has 2 aromatic heterocycles. The molecule has 3 aromatic rings. The lowest BCUT2D eigenvalue weighted by Crippen LogP contribution is -2.08. The van der Waals surface area contributed by atoms with Crippen LogP contribution in [0.15, 0.2) is 42.7 Å². The Bertz CT molecular complexity index is 1100. The summed E-state index contributed by atoms with van der Waals surface area (Å²) >= 11 is 0. The lowest BCUT2D eigenvalue weighted by atomic mass is 10.0. The highest BCUT2D eigenvalue weighted by atomic mass is 16.5. The smallest absolute Gasteiger partial charge is 0.308 e. The van der Waals surface area contributed by atoms with Crippen LogP contribution in [-0.2, 0) is 9.59 Å². The molecule has 0 amide bonds. The first kappa shape index (κ1) is 19.9. The van der Waals surface area contributed by atoms with Crippen molar-refractivity contribution in [3.8, 4) is 34.0 Å². The van der Waals surface area contributed by atoms with E-state index in [1.807, 2.05) is 6.07 Å². The highest BCUT2D eigenvalue weighted by Gasteiger charge is 2.22. The second-order valence-electron chi connectivity index (χ2n) is 6.37. The van der Waals surface area contributed by atoms with Crippen LogP contribution in [0, 0.1) is 6.92 Å². The Kier molecular flexibility index (Phi) is 5.54. The van der Waals surface area contributed by atoms with E-state index in [0.29, 0.717) is 28.1 Å². The normalized spacial score (nSPS) is 10.5. The Morgan fingerprint density at radius 1 is 0.931 bits per heavy atom. The first-order chi connectivity index (χ1) is 13.8. The minimum atomic E-state index is -0.547. The second-order valence-corrected chi connectivity index (χ2v) is 6.37. The predicted octanol–water partition coefficient (Wildman–Crippen LogP) is 3.43. The molecule has 0 spiro atoms. The van der Waals surface area contributed by atoms with Gasteiger partial charge in [0, 0.05) is 50.4 Å². The lowest BCUT2D eigenvalue weighted by molar-refractivity contribution is -0.132. The summed E-state index contributed by atoms with van der Waals surface area (Å²) in [6, 6.07) is 8.54. The third-order valence-corrected chi connectivity index (χ3v) is 4.02. The summed E-state index contributed by atoms with van der Waals surface area (Å²) in [5.41, 5.74) is 2.71. The summed E-state index contributed by atoms with van der Waals surface area (Å²) in [6.07, 6.45) is 3.21. The van der Waals surface area contributed by atoms with Crippen LogP contribution in [0.4, 0.5) is 0 Å². The van der Waals surface area contributed by atoms with Crippen molar-refractivity contribution in [2.24, 2.45) is 0 Å². The molecule has 1 aromatic carbocycles. The quantitative estimate of drug-likeness (QED) is 0.494. The van der Waals surface area contributed by atoms with Gasteiger partial charge in [-0.25, -0.2) is 4.68 Å². The topological polar surface area (TPSA) is 100 Å². The molecule has 2 heterocycles. The van der Waals surface area contributed by atoms with Gasteiger partial charge in [-0.2, -0.15) is 5.10 Å². The Labute approximate surface area is 167 Å². The number of benzene rings is 1. The van der Waals surface area contributed by atoms with Crippen molar-refractivity contribution < 1.29 is 23.9 Å². The number of aromatic nitrogens is 3. The molecule has 8 nitrogen and oxygen atoms in total. The molecule has 148 valence electrons. The maximum atomic E-state index is 11.9. The zero-order chi connectivity index (χ0) is 21.1. The minimum Gasteiger partial charge on any atom is -0.426 e. The van der Waals surface area contributed by atoms with Crippen LogP contribution in [0.25, 0.3) is 22.5 Å². The van der Waals surface area contributed by atoms with Gasteiger partial charge >= 0.3 is 11.9 Å². The summed E-state index contributed by atoms with van der Waals surface area (Å²) in [6.45, 7) is 5.69. The number of hydrogen-bond donors (Lipinski definition) is 0. The van der Waals surface area contributed by atoms with E-state index < -0.39 is 11.9 Å². The molecule has 29 heavy (non-hydrogen) atoms. The molecule has 0 aliphatic heterocycles. The fourth-order valence-electron chi connectivity index (χ4n) is 2.80. The van der Waals surface area contributed by atoms with Crippen LogP contribution < -0.4 is 9.47 Å². The maximum Gasteiger partial charge on any atom is 0.308 e. The molecule has 0 saturated carbocycles. The number of pyridine rings is 1. The van der Waals surface area contributed by atoms with E-state index in [2.05, 4.69) is 10.1 Å². The first-order valence-electron chi connectivity index (χ1n) is 8.80. The third-order valence-electron chi connectivity index (χ3n) is 4.02. The van der Waals surface area contributed by atoms with E-state index >= 15 is 0 Å². The monoisotopic (exact) mass is 393 g/mol. The largest absolute Gasteiger partial charge is 0.426 e. The molecule has 0 aliphatic rings. The highest BCUT2D eigenvalue weighted by molar-refractivity contribution is 5.87. The summed E-state index contributed by atoms with van der Waals surface area (Å²) in [5.74, 6) is -0.900. The summed E-state index contributed by atoms with van der Waals surface area (Å²) in [7, 11) is 0. The van der Waals surface area contributed by atoms with Crippen LogP contribution in [0.5, 0.6) is 11.5 Å². The van der Waals surface area contributed by atoms with Crippen LogP contribution in [0.3, 0.4) is 0 Å². The highest BCUT2D eigenvalue weighted by Crippen LogP contribution is 2.39. The molecule has 0 radical (unpaired) electrons. The van der Waals surface area contributed by atoms with Crippen molar-refractivity contribution in [3.63, 3.8) is 0 Å². The molecular weight excluding hydrogens is 374 g/mol. The summed E-state index contributed by atoms with van der Waals surface area (Å²) in [4.78, 5) is 39.3. The number of carbonyl (C=O) groups excluding carboxylic acids is 3. The molecule has 3 rings (SSSR count). The Hall–Kier alpha value is -3.81. The van der Waals surface area contributed by atoms with Crippen molar-refractivity contribution in [3.05, 3.63) is 48.3 Å². The van der Waals surface area contributed by atoms with Crippen molar-refractivity contribution >= 4 is 17.8 Å². The van der Waals surface area contributed by atoms with Gasteiger partial charge in [-0.3, -0.25) is 19.4 Å². The number of rotatable bonds is 4. The van der Waals surface area contributed by atoms with Gasteiger partial charge < -0.3 is 9.47 Å². The third kappa shape index (κ3) is 4.37. The number of ether oxygens (including phenoxy) is 2. The molecule has 8 heteroatoms. The predicted molar refractivity (Wildman–Crippen MR) is 105 cm³/mol. The fraction of sp³-hybridized carbons (Fsp3) is 0.190. The van der Waals surface area contributed by atoms with Crippen molar-refractivity contribution in [2.45, 2.75) is 27.7 Å². The SMILES string of the molecule is CC(=O)Oc1cc(OC(C)=O)c(-c2nn(C(C)=O)cc2-c2ccccn2)cc1C. The van der Waals surface area contributed by atoms with Gasteiger partial charge in [0.25, 0.3) is 0 Å². The molecule has 0 unspecified atom stereocenters. The second kappa shape index (κ2) is 8.05. The van der Waals surface area contributed by atoms with Gasteiger partial charge in [-0.1, -0.05) is 6.07 Å². The molecule has 0 fully saturated rings. The molecule has 0 N–H and O–H groups in total. The number of hydrogen-bond acceptors (Lipinski definition) is 7. The van der Waals surface area contributed by atoms with Gasteiger partial charge in [0.05, 0.1) is 5.69 Å². The van der Waals surface area contributed by atoms with E-state index in [1.54, 1.807) is 37.5 Å². The number of esters is 2. The number of carbonyl (C=O) groups is 3. The van der Waals surface area contributed by atoms with E-state index in [1.165, 1.54) is 31.5 Å². The van der Waals surface area contributed by atoms with Crippen molar-refractivity contribution in [2.75, 3.05) is 0 Å². The number of aryl methyl sites for hydroxylation is 1. The van der Waals surface area contributed by atoms with Gasteiger partial charge in [-0.15, -0.1) is 0 Å². The van der Waals surface area contributed by atoms with Crippen molar-refractivity contribution in [1.82, 2.24) is 14.8 Å². The first-order valence-corrected chi connectivity index (χ1v) is 8.80. The zero-order valence-corrected chi connectivity index (χ0v) is 16.4. The minimum absolute atomic E-state index is 0.158. The van der Waals surface area contributed by atoms with Gasteiger partial charge in [-0.05, 0) is 30.7 Å². The molecular formula is C21H19N3O5. The zero-order valence-electron chi connectivity index (χ0n) is 16.4. The van der Waals surface area contributed by atoms with Crippen molar-refractivity contribution in [1.29, 1.82) is 0 Å². The van der Waals surface area contributed by atoms with E-state index in [9.17, 15) is 14.4 Å². The molecule has 0 atom stereocenters. The maximum absolute atomic E-state index is 11.9. The van der Waals surface area contributed by atoms with Crippen LogP contribution in [0.1, 0.15) is 31.1 Å². The molecule has 0 aliphatic carbocycles. The van der Waals surface area contributed by atoms with E-state index in [0.717, 1.165) is 0 Å². The van der Waals surface area contributed by atoms with Gasteiger partial charge in [0.2, 0.25) is 5.91 Å². The van der Waals surface area contributed by atoms with Gasteiger partial charge in [0.15, 0.2) is 0 Å². The summed E-state index contributed by atoms with van der Waals surface area (Å²) in [5, 5.41) is 4.38. The molecule has 0 bridgehead atoms.